The molecule has 1 aromatic carbocycles. The van der Waals surface area contributed by atoms with Crippen LogP contribution in [0.25, 0.3) is 0 Å². The van der Waals surface area contributed by atoms with Crippen molar-refractivity contribution in [1.29, 1.82) is 0 Å². The van der Waals surface area contributed by atoms with E-state index >= 15 is 0 Å². The molecule has 0 saturated heterocycles. The van der Waals surface area contributed by atoms with Gasteiger partial charge in [0.25, 0.3) is 0 Å². The lowest BCUT2D eigenvalue weighted by molar-refractivity contribution is 0.334. The van der Waals surface area contributed by atoms with Crippen molar-refractivity contribution in [2.45, 2.75) is 32.9 Å². The summed E-state index contributed by atoms with van der Waals surface area (Å²) in [6.45, 7) is 5.80. The monoisotopic (exact) mass is 275 g/mol. The van der Waals surface area contributed by atoms with Crippen LogP contribution in [-0.2, 0) is 13.0 Å². The quantitative estimate of drug-likeness (QED) is 0.828. The summed E-state index contributed by atoms with van der Waals surface area (Å²) in [5.41, 5.74) is 2.63. The number of hydrogen-bond donors (Lipinski definition) is 1. The van der Waals surface area contributed by atoms with E-state index in [1.54, 1.807) is 11.3 Å². The molecule has 2 aromatic rings. The Morgan fingerprint density at radius 3 is 2.84 bits per heavy atom. The SMILES string of the molecule is CCOc1ccccc1CNC(C)Cc1ccsc1. The Labute approximate surface area is 119 Å². The molecule has 2 nitrogen and oxygen atoms in total. The van der Waals surface area contributed by atoms with E-state index in [1.165, 1.54) is 11.1 Å². The zero-order valence-corrected chi connectivity index (χ0v) is 12.4. The van der Waals surface area contributed by atoms with Gasteiger partial charge in [0.05, 0.1) is 6.61 Å². The maximum atomic E-state index is 5.64. The van der Waals surface area contributed by atoms with Crippen LogP contribution in [0.2, 0.25) is 0 Å². The summed E-state index contributed by atoms with van der Waals surface area (Å²) in [7, 11) is 0. The van der Waals surface area contributed by atoms with Crippen LogP contribution in [0, 0.1) is 0 Å². The van der Waals surface area contributed by atoms with E-state index in [0.717, 1.165) is 18.7 Å². The highest BCUT2D eigenvalue weighted by Gasteiger charge is 2.06. The Morgan fingerprint density at radius 1 is 1.26 bits per heavy atom. The minimum atomic E-state index is 0.462. The van der Waals surface area contributed by atoms with Crippen LogP contribution in [0.15, 0.2) is 41.1 Å². The lowest BCUT2D eigenvalue weighted by Gasteiger charge is -2.15. The third kappa shape index (κ3) is 4.37. The number of ether oxygens (including phenoxy) is 1. The summed E-state index contributed by atoms with van der Waals surface area (Å²) in [4.78, 5) is 0. The normalized spacial score (nSPS) is 12.3. The van der Waals surface area contributed by atoms with Crippen LogP contribution in [0.3, 0.4) is 0 Å². The Hall–Kier alpha value is -1.32. The molecule has 0 aliphatic rings. The molecular formula is C16H21NOS. The fourth-order valence-electron chi connectivity index (χ4n) is 2.06. The molecule has 0 fully saturated rings. The molecule has 1 atom stereocenters. The Kier molecular flexibility index (Phi) is 5.43. The molecule has 0 saturated carbocycles. The van der Waals surface area contributed by atoms with Gasteiger partial charge >= 0.3 is 0 Å². The smallest absolute Gasteiger partial charge is 0.123 e. The number of para-hydroxylation sites is 1. The highest BCUT2D eigenvalue weighted by atomic mass is 32.1. The highest BCUT2D eigenvalue weighted by Crippen LogP contribution is 2.18. The van der Waals surface area contributed by atoms with Crippen molar-refractivity contribution in [2.24, 2.45) is 0 Å². The molecule has 1 aromatic heterocycles. The first-order chi connectivity index (χ1) is 9.29. The van der Waals surface area contributed by atoms with Gasteiger partial charge in [-0.2, -0.15) is 11.3 Å². The zero-order valence-electron chi connectivity index (χ0n) is 11.6. The number of hydrogen-bond acceptors (Lipinski definition) is 3. The van der Waals surface area contributed by atoms with Gasteiger partial charge in [-0.15, -0.1) is 0 Å². The largest absolute Gasteiger partial charge is 0.494 e. The first-order valence-electron chi connectivity index (χ1n) is 6.74. The van der Waals surface area contributed by atoms with E-state index in [0.29, 0.717) is 12.6 Å². The molecule has 0 amide bonds. The van der Waals surface area contributed by atoms with Crippen LogP contribution in [0.5, 0.6) is 5.75 Å². The third-order valence-corrected chi connectivity index (χ3v) is 3.77. The fraction of sp³-hybridized carbons (Fsp3) is 0.375. The predicted octanol–water partition coefficient (Wildman–Crippen LogP) is 3.87. The van der Waals surface area contributed by atoms with Gasteiger partial charge in [0.2, 0.25) is 0 Å². The number of nitrogens with one attached hydrogen (secondary N) is 1. The lowest BCUT2D eigenvalue weighted by atomic mass is 10.1. The fourth-order valence-corrected chi connectivity index (χ4v) is 2.75. The summed E-state index contributed by atoms with van der Waals surface area (Å²) >= 11 is 1.76. The highest BCUT2D eigenvalue weighted by molar-refractivity contribution is 7.07. The molecule has 2 rings (SSSR count). The molecule has 102 valence electrons. The molecular weight excluding hydrogens is 254 g/mol. The van der Waals surface area contributed by atoms with Crippen molar-refractivity contribution in [3.63, 3.8) is 0 Å². The maximum Gasteiger partial charge on any atom is 0.123 e. The summed E-state index contributed by atoms with van der Waals surface area (Å²) in [6, 6.07) is 10.9. The van der Waals surface area contributed by atoms with E-state index < -0.39 is 0 Å². The predicted molar refractivity (Wildman–Crippen MR) is 81.9 cm³/mol. The van der Waals surface area contributed by atoms with Gasteiger partial charge in [-0.3, -0.25) is 0 Å². The van der Waals surface area contributed by atoms with E-state index in [9.17, 15) is 0 Å². The van der Waals surface area contributed by atoms with Crippen molar-refractivity contribution >= 4 is 11.3 Å². The van der Waals surface area contributed by atoms with Gasteiger partial charge in [0.1, 0.15) is 5.75 Å². The molecule has 3 heteroatoms. The topological polar surface area (TPSA) is 21.3 Å². The molecule has 0 aliphatic heterocycles. The molecule has 1 heterocycles. The molecule has 0 bridgehead atoms. The second-order valence-corrected chi connectivity index (χ2v) is 5.44. The summed E-state index contributed by atoms with van der Waals surface area (Å²) in [5, 5.41) is 7.91. The van der Waals surface area contributed by atoms with Crippen LogP contribution < -0.4 is 10.1 Å². The third-order valence-electron chi connectivity index (χ3n) is 3.04. The van der Waals surface area contributed by atoms with E-state index in [-0.39, 0.29) is 0 Å². The van der Waals surface area contributed by atoms with Crippen molar-refractivity contribution in [3.05, 3.63) is 52.2 Å². The first kappa shape index (κ1) is 14.1. The average Bonchev–Trinajstić information content (AvgIpc) is 2.91. The number of benzene rings is 1. The summed E-state index contributed by atoms with van der Waals surface area (Å²) in [5.74, 6) is 0.986. The minimum Gasteiger partial charge on any atom is -0.494 e. The Morgan fingerprint density at radius 2 is 2.11 bits per heavy atom. The van der Waals surface area contributed by atoms with E-state index in [2.05, 4.69) is 41.2 Å². The molecule has 0 radical (unpaired) electrons. The molecule has 0 aliphatic carbocycles. The van der Waals surface area contributed by atoms with E-state index in [4.69, 9.17) is 4.74 Å². The van der Waals surface area contributed by atoms with Gasteiger partial charge in [-0.1, -0.05) is 18.2 Å². The van der Waals surface area contributed by atoms with Crippen LogP contribution >= 0.6 is 11.3 Å². The van der Waals surface area contributed by atoms with Crippen molar-refractivity contribution < 1.29 is 4.74 Å². The minimum absolute atomic E-state index is 0.462. The standard InChI is InChI=1S/C16H21NOS/c1-3-18-16-7-5-4-6-15(16)11-17-13(2)10-14-8-9-19-12-14/h4-9,12-13,17H,3,10-11H2,1-2H3. The second kappa shape index (κ2) is 7.31. The van der Waals surface area contributed by atoms with Gasteiger partial charge in [0.15, 0.2) is 0 Å². The lowest BCUT2D eigenvalue weighted by Crippen LogP contribution is -2.27. The molecule has 1 unspecified atom stereocenters. The molecule has 19 heavy (non-hydrogen) atoms. The number of thiophene rings is 1. The summed E-state index contributed by atoms with van der Waals surface area (Å²) < 4.78 is 5.64. The van der Waals surface area contributed by atoms with Crippen molar-refractivity contribution in [1.82, 2.24) is 5.32 Å². The molecule has 0 spiro atoms. The van der Waals surface area contributed by atoms with Crippen LogP contribution in [0.1, 0.15) is 25.0 Å². The van der Waals surface area contributed by atoms with Gasteiger partial charge in [-0.25, -0.2) is 0 Å². The van der Waals surface area contributed by atoms with Gasteiger partial charge in [0, 0.05) is 18.2 Å². The zero-order chi connectivity index (χ0) is 13.5. The van der Waals surface area contributed by atoms with Gasteiger partial charge in [-0.05, 0) is 48.7 Å². The first-order valence-corrected chi connectivity index (χ1v) is 7.69. The number of rotatable bonds is 7. The van der Waals surface area contributed by atoms with E-state index in [1.807, 2.05) is 19.1 Å². The summed E-state index contributed by atoms with van der Waals surface area (Å²) in [6.07, 6.45) is 1.07. The molecule has 1 N–H and O–H groups in total. The van der Waals surface area contributed by atoms with Gasteiger partial charge < -0.3 is 10.1 Å². The Bertz CT molecular complexity index is 481. The Balaban J connectivity index is 1.87. The van der Waals surface area contributed by atoms with Crippen LogP contribution in [-0.4, -0.2) is 12.6 Å². The van der Waals surface area contributed by atoms with Crippen molar-refractivity contribution in [3.8, 4) is 5.75 Å². The van der Waals surface area contributed by atoms with Crippen molar-refractivity contribution in [2.75, 3.05) is 6.61 Å². The van der Waals surface area contributed by atoms with Crippen LogP contribution in [0.4, 0.5) is 0 Å². The average molecular weight is 275 g/mol. The second-order valence-electron chi connectivity index (χ2n) is 4.66. The maximum absolute atomic E-state index is 5.64.